The van der Waals surface area contributed by atoms with Gasteiger partial charge in [-0.15, -0.1) is 0 Å². The zero-order chi connectivity index (χ0) is 41.5. The molecule has 0 saturated carbocycles. The lowest BCUT2D eigenvalue weighted by molar-refractivity contribution is 0.125. The van der Waals surface area contributed by atoms with Gasteiger partial charge in [0.1, 0.15) is 0 Å². The van der Waals surface area contributed by atoms with E-state index in [1.807, 2.05) is 0 Å². The summed E-state index contributed by atoms with van der Waals surface area (Å²) in [6.45, 7) is 14.8. The van der Waals surface area contributed by atoms with Crippen molar-refractivity contribution in [2.24, 2.45) is 5.41 Å². The highest BCUT2D eigenvalue weighted by molar-refractivity contribution is 5.91. The van der Waals surface area contributed by atoms with E-state index in [2.05, 4.69) is 234 Å². The number of nitrogens with zero attached hydrogens (tertiary/aromatic N) is 1. The standard InChI is InChI=1S/C60H51N/c1-57(2)51-36-29-41(37-52(51)58(3,4)59(57,5)6)46-35-34-45(53-54(46)56-48-22-14-16-24-50(48)60(56)49-23-15-13-21-47(49)55(53)60)40-27-32-44(33-28-40)61(42-19-11-8-12-20-42)43-30-25-39(26-31-43)38-17-9-7-10-18-38/h7-37,55-56H,1-6H3. The average molecular weight is 786 g/mol. The minimum atomic E-state index is -0.0314. The molecule has 8 aromatic carbocycles. The minimum absolute atomic E-state index is 0.0314. The van der Waals surface area contributed by atoms with Crippen molar-refractivity contribution in [1.29, 1.82) is 0 Å². The molecule has 0 saturated heterocycles. The summed E-state index contributed by atoms with van der Waals surface area (Å²) in [5, 5.41) is 0. The van der Waals surface area contributed by atoms with Gasteiger partial charge in [0.05, 0.1) is 0 Å². The molecule has 8 aromatic rings. The van der Waals surface area contributed by atoms with Crippen LogP contribution in [0.4, 0.5) is 17.1 Å². The Morgan fingerprint density at radius 3 is 1.34 bits per heavy atom. The van der Waals surface area contributed by atoms with Crippen LogP contribution in [0.25, 0.3) is 33.4 Å². The van der Waals surface area contributed by atoms with Crippen molar-refractivity contribution in [3.63, 3.8) is 0 Å². The van der Waals surface area contributed by atoms with Crippen LogP contribution >= 0.6 is 0 Å². The molecule has 4 aliphatic rings. The Morgan fingerprint density at radius 1 is 0.344 bits per heavy atom. The Hall–Kier alpha value is -6.44. The van der Waals surface area contributed by atoms with Crippen molar-refractivity contribution in [3.8, 4) is 33.4 Å². The van der Waals surface area contributed by atoms with E-state index in [0.717, 1.165) is 17.1 Å². The summed E-state index contributed by atoms with van der Waals surface area (Å²) in [5.74, 6) is 0.621. The number of fused-ring (bicyclic) bond motifs is 8. The van der Waals surface area contributed by atoms with Crippen LogP contribution in [0, 0.1) is 5.41 Å². The van der Waals surface area contributed by atoms with Crippen molar-refractivity contribution in [2.75, 3.05) is 4.90 Å². The van der Waals surface area contributed by atoms with E-state index in [0.29, 0.717) is 11.8 Å². The number of para-hydroxylation sites is 1. The quantitative estimate of drug-likeness (QED) is 0.162. The molecule has 296 valence electrons. The highest BCUT2D eigenvalue weighted by Crippen LogP contribution is 2.79. The largest absolute Gasteiger partial charge is 0.311 e. The molecule has 12 rings (SSSR count). The molecule has 0 fully saturated rings. The first-order chi connectivity index (χ1) is 29.5. The molecule has 0 heterocycles. The summed E-state index contributed by atoms with van der Waals surface area (Å²) in [7, 11) is 0. The first kappa shape index (κ1) is 36.4. The maximum atomic E-state index is 2.57. The van der Waals surface area contributed by atoms with Gasteiger partial charge in [-0.2, -0.15) is 0 Å². The molecule has 0 aromatic heterocycles. The number of hydrogen-bond donors (Lipinski definition) is 0. The van der Waals surface area contributed by atoms with Crippen molar-refractivity contribution in [2.45, 2.75) is 69.6 Å². The normalized spacial score (nSPS) is 21.1. The lowest BCUT2D eigenvalue weighted by atomic mass is 9.43. The van der Waals surface area contributed by atoms with E-state index >= 15 is 0 Å². The molecule has 0 amide bonds. The molecule has 3 atom stereocenters. The highest BCUT2D eigenvalue weighted by atomic mass is 15.1. The van der Waals surface area contributed by atoms with Gasteiger partial charge < -0.3 is 4.90 Å². The Kier molecular flexibility index (Phi) is 7.49. The van der Waals surface area contributed by atoms with E-state index in [1.165, 1.54) is 77.9 Å². The first-order valence-electron chi connectivity index (χ1n) is 22.2. The molecule has 61 heavy (non-hydrogen) atoms. The fourth-order valence-corrected chi connectivity index (χ4v) is 12.5. The second kappa shape index (κ2) is 12.6. The fraction of sp³-hybridized carbons (Fsp3) is 0.200. The van der Waals surface area contributed by atoms with Crippen LogP contribution < -0.4 is 4.90 Å². The van der Waals surface area contributed by atoms with Gasteiger partial charge in [0.15, 0.2) is 0 Å². The second-order valence-electron chi connectivity index (χ2n) is 19.7. The maximum Gasteiger partial charge on any atom is 0.0462 e. The third-order valence-corrected chi connectivity index (χ3v) is 16.7. The zero-order valence-electron chi connectivity index (χ0n) is 36.0. The molecule has 1 spiro atoms. The van der Waals surface area contributed by atoms with Gasteiger partial charge in [-0.3, -0.25) is 0 Å². The number of benzene rings is 8. The number of anilines is 3. The Morgan fingerprint density at radius 2 is 0.770 bits per heavy atom. The van der Waals surface area contributed by atoms with E-state index in [1.54, 1.807) is 0 Å². The lowest BCUT2D eigenvalue weighted by Crippen LogP contribution is -2.52. The fourth-order valence-electron chi connectivity index (χ4n) is 12.5. The van der Waals surface area contributed by atoms with Crippen molar-refractivity contribution >= 4 is 17.1 Å². The molecule has 0 N–H and O–H groups in total. The van der Waals surface area contributed by atoms with Crippen LogP contribution in [0.5, 0.6) is 0 Å². The molecule has 0 bridgehead atoms. The van der Waals surface area contributed by atoms with Crippen molar-refractivity contribution in [3.05, 3.63) is 233 Å². The molecule has 3 unspecified atom stereocenters. The van der Waals surface area contributed by atoms with Gasteiger partial charge in [-0.05, 0) is 131 Å². The predicted molar refractivity (Wildman–Crippen MR) is 255 cm³/mol. The van der Waals surface area contributed by atoms with Crippen LogP contribution in [0.2, 0.25) is 0 Å². The summed E-state index contributed by atoms with van der Waals surface area (Å²) in [4.78, 5) is 2.37. The SMILES string of the molecule is CC1(C)c2ccc(-c3ccc(-c4ccc(N(c5ccccc5)c5ccc(-c6ccccc6)cc5)cc4)c4c3C3c5ccccc5C35c3ccccc3C45)cc2C(C)(C)C1(C)C. The Bertz CT molecular complexity index is 3040. The summed E-state index contributed by atoms with van der Waals surface area (Å²) in [6, 6.07) is 70.8. The van der Waals surface area contributed by atoms with Gasteiger partial charge >= 0.3 is 0 Å². The molecule has 4 aliphatic carbocycles. The van der Waals surface area contributed by atoms with E-state index in [9.17, 15) is 0 Å². The van der Waals surface area contributed by atoms with Crippen LogP contribution in [0.15, 0.2) is 188 Å². The van der Waals surface area contributed by atoms with Crippen molar-refractivity contribution < 1.29 is 0 Å². The third kappa shape index (κ3) is 4.62. The van der Waals surface area contributed by atoms with Gasteiger partial charge in [-0.25, -0.2) is 0 Å². The first-order valence-corrected chi connectivity index (χ1v) is 22.2. The average Bonchev–Trinajstić information content (AvgIpc) is 3.57. The van der Waals surface area contributed by atoms with E-state index in [-0.39, 0.29) is 21.7 Å². The molecule has 1 nitrogen and oxygen atoms in total. The topological polar surface area (TPSA) is 3.24 Å². The van der Waals surface area contributed by atoms with Crippen molar-refractivity contribution in [1.82, 2.24) is 0 Å². The van der Waals surface area contributed by atoms with E-state index in [4.69, 9.17) is 0 Å². The van der Waals surface area contributed by atoms with Gasteiger partial charge in [0, 0.05) is 34.3 Å². The second-order valence-corrected chi connectivity index (χ2v) is 19.7. The van der Waals surface area contributed by atoms with Crippen LogP contribution in [0.1, 0.15) is 97.9 Å². The minimum Gasteiger partial charge on any atom is -0.311 e. The van der Waals surface area contributed by atoms with Gasteiger partial charge in [-0.1, -0.05) is 193 Å². The van der Waals surface area contributed by atoms with Crippen LogP contribution in [-0.4, -0.2) is 0 Å². The summed E-state index contributed by atoms with van der Waals surface area (Å²) in [5.41, 5.74) is 23.4. The van der Waals surface area contributed by atoms with Gasteiger partial charge in [0.25, 0.3) is 0 Å². The highest BCUT2D eigenvalue weighted by Gasteiger charge is 2.70. The molecular weight excluding hydrogens is 735 g/mol. The monoisotopic (exact) mass is 785 g/mol. The molecule has 0 radical (unpaired) electrons. The Balaban J connectivity index is 1.02. The molecule has 1 heteroatoms. The smallest absolute Gasteiger partial charge is 0.0462 e. The molecule has 0 aliphatic heterocycles. The Labute approximate surface area is 361 Å². The zero-order valence-corrected chi connectivity index (χ0v) is 36.0. The number of hydrogen-bond acceptors (Lipinski definition) is 1. The lowest BCUT2D eigenvalue weighted by Gasteiger charge is -2.58. The van der Waals surface area contributed by atoms with E-state index < -0.39 is 0 Å². The summed E-state index contributed by atoms with van der Waals surface area (Å²) >= 11 is 0. The maximum absolute atomic E-state index is 2.57. The summed E-state index contributed by atoms with van der Waals surface area (Å²) in [6.07, 6.45) is 0. The van der Waals surface area contributed by atoms with Crippen LogP contribution in [-0.2, 0) is 16.2 Å². The van der Waals surface area contributed by atoms with Crippen LogP contribution in [0.3, 0.4) is 0 Å². The predicted octanol–water partition coefficient (Wildman–Crippen LogP) is 15.6. The summed E-state index contributed by atoms with van der Waals surface area (Å²) < 4.78 is 0. The number of rotatable bonds is 6. The third-order valence-electron chi connectivity index (χ3n) is 16.7. The van der Waals surface area contributed by atoms with Gasteiger partial charge in [0.2, 0.25) is 0 Å². The molecular formula is C60H51N.